The van der Waals surface area contributed by atoms with Gasteiger partial charge in [-0.05, 0) is 47.9 Å². The van der Waals surface area contributed by atoms with Gasteiger partial charge < -0.3 is 5.32 Å². The Balaban J connectivity index is 2.08. The average Bonchev–Trinajstić information content (AvgIpc) is 2.40. The fraction of sp³-hybridized carbons (Fsp3) is 0.250. The third kappa shape index (κ3) is 3.30. The van der Waals surface area contributed by atoms with E-state index in [1.165, 1.54) is 15.4 Å². The van der Waals surface area contributed by atoms with Gasteiger partial charge in [0.15, 0.2) is 0 Å². The van der Waals surface area contributed by atoms with Crippen molar-refractivity contribution < 1.29 is 0 Å². The van der Waals surface area contributed by atoms with Crippen molar-refractivity contribution in [1.29, 1.82) is 0 Å². The SMILES string of the molecule is CNc1ccc(Sc2ccc(C(C)C)cc2)cc1. The maximum Gasteiger partial charge on any atom is 0.0338 e. The van der Waals surface area contributed by atoms with Gasteiger partial charge in [0, 0.05) is 22.5 Å². The number of rotatable bonds is 4. The van der Waals surface area contributed by atoms with E-state index < -0.39 is 0 Å². The molecule has 0 amide bonds. The average molecular weight is 257 g/mol. The first kappa shape index (κ1) is 13.0. The van der Waals surface area contributed by atoms with Crippen LogP contribution in [0.15, 0.2) is 58.3 Å². The third-order valence-electron chi connectivity index (χ3n) is 2.93. The fourth-order valence-corrected chi connectivity index (χ4v) is 2.56. The molecule has 2 heteroatoms. The molecule has 0 saturated heterocycles. The Kier molecular flexibility index (Phi) is 4.32. The molecule has 0 spiro atoms. The summed E-state index contributed by atoms with van der Waals surface area (Å²) < 4.78 is 0. The summed E-state index contributed by atoms with van der Waals surface area (Å²) in [5, 5.41) is 3.13. The van der Waals surface area contributed by atoms with Crippen LogP contribution in [0.2, 0.25) is 0 Å². The fourth-order valence-electron chi connectivity index (χ4n) is 1.75. The Labute approximate surface area is 114 Å². The van der Waals surface area contributed by atoms with Crippen molar-refractivity contribution in [2.45, 2.75) is 29.6 Å². The van der Waals surface area contributed by atoms with Crippen molar-refractivity contribution in [3.05, 3.63) is 54.1 Å². The quantitative estimate of drug-likeness (QED) is 0.827. The van der Waals surface area contributed by atoms with E-state index in [4.69, 9.17) is 0 Å². The molecule has 0 saturated carbocycles. The van der Waals surface area contributed by atoms with Gasteiger partial charge in [-0.1, -0.05) is 37.7 Å². The normalized spacial score (nSPS) is 10.7. The summed E-state index contributed by atoms with van der Waals surface area (Å²) in [6.45, 7) is 4.44. The topological polar surface area (TPSA) is 12.0 Å². The van der Waals surface area contributed by atoms with E-state index in [1.54, 1.807) is 11.8 Å². The first-order valence-corrected chi connectivity index (χ1v) is 7.06. The summed E-state index contributed by atoms with van der Waals surface area (Å²) in [4.78, 5) is 2.56. The summed E-state index contributed by atoms with van der Waals surface area (Å²) in [5.74, 6) is 0.596. The molecule has 94 valence electrons. The zero-order valence-corrected chi connectivity index (χ0v) is 11.9. The lowest BCUT2D eigenvalue weighted by Gasteiger charge is -2.07. The zero-order chi connectivity index (χ0) is 13.0. The predicted molar refractivity (Wildman–Crippen MR) is 80.6 cm³/mol. The lowest BCUT2D eigenvalue weighted by Crippen LogP contribution is -1.87. The number of nitrogens with one attached hydrogen (secondary N) is 1. The first-order valence-electron chi connectivity index (χ1n) is 6.24. The molecule has 0 radical (unpaired) electrons. The van der Waals surface area contributed by atoms with Crippen molar-refractivity contribution in [2.24, 2.45) is 0 Å². The molecule has 2 rings (SSSR count). The van der Waals surface area contributed by atoms with Gasteiger partial charge in [0.1, 0.15) is 0 Å². The van der Waals surface area contributed by atoms with E-state index in [0.29, 0.717) is 5.92 Å². The summed E-state index contributed by atoms with van der Waals surface area (Å²) in [5.41, 5.74) is 2.54. The molecule has 0 aliphatic heterocycles. The highest BCUT2D eigenvalue weighted by atomic mass is 32.2. The lowest BCUT2D eigenvalue weighted by atomic mass is 10.0. The van der Waals surface area contributed by atoms with Gasteiger partial charge in [0.25, 0.3) is 0 Å². The summed E-state index contributed by atoms with van der Waals surface area (Å²) in [7, 11) is 1.94. The standard InChI is InChI=1S/C16H19NS/c1-12(2)13-4-8-15(9-5-13)18-16-10-6-14(17-3)7-11-16/h4-12,17H,1-3H3. The van der Waals surface area contributed by atoms with Crippen LogP contribution < -0.4 is 5.32 Å². The van der Waals surface area contributed by atoms with Crippen LogP contribution in [0.25, 0.3) is 0 Å². The van der Waals surface area contributed by atoms with Gasteiger partial charge in [-0.25, -0.2) is 0 Å². The molecule has 0 bridgehead atoms. The predicted octanol–water partition coefficient (Wildman–Crippen LogP) is 5.00. The third-order valence-corrected chi connectivity index (χ3v) is 3.94. The minimum absolute atomic E-state index is 0.596. The Morgan fingerprint density at radius 1 is 0.833 bits per heavy atom. The van der Waals surface area contributed by atoms with Gasteiger partial charge in [-0.15, -0.1) is 0 Å². The van der Waals surface area contributed by atoms with E-state index in [1.807, 2.05) is 7.05 Å². The molecule has 1 N–H and O–H groups in total. The number of hydrogen-bond donors (Lipinski definition) is 1. The van der Waals surface area contributed by atoms with Crippen LogP contribution in [0.1, 0.15) is 25.3 Å². The Morgan fingerprint density at radius 3 is 1.78 bits per heavy atom. The molecule has 0 unspecified atom stereocenters. The van der Waals surface area contributed by atoms with E-state index in [-0.39, 0.29) is 0 Å². The molecule has 1 nitrogen and oxygen atoms in total. The summed E-state index contributed by atoms with van der Waals surface area (Å²) >= 11 is 1.80. The second-order valence-electron chi connectivity index (χ2n) is 4.60. The van der Waals surface area contributed by atoms with Crippen molar-refractivity contribution in [1.82, 2.24) is 0 Å². The second kappa shape index (κ2) is 5.96. The Morgan fingerprint density at radius 2 is 1.33 bits per heavy atom. The van der Waals surface area contributed by atoms with Crippen LogP contribution in [0, 0.1) is 0 Å². The van der Waals surface area contributed by atoms with Crippen LogP contribution in [0.5, 0.6) is 0 Å². The highest BCUT2D eigenvalue weighted by Crippen LogP contribution is 2.29. The van der Waals surface area contributed by atoms with Crippen molar-refractivity contribution in [3.8, 4) is 0 Å². The maximum atomic E-state index is 3.13. The molecule has 0 aliphatic rings. The highest BCUT2D eigenvalue weighted by Gasteiger charge is 2.00. The van der Waals surface area contributed by atoms with Gasteiger partial charge in [0.05, 0.1) is 0 Å². The first-order chi connectivity index (χ1) is 8.69. The van der Waals surface area contributed by atoms with Crippen molar-refractivity contribution in [3.63, 3.8) is 0 Å². The molecule has 0 fully saturated rings. The highest BCUT2D eigenvalue weighted by molar-refractivity contribution is 7.99. The van der Waals surface area contributed by atoms with E-state index in [0.717, 1.165) is 5.69 Å². The number of benzene rings is 2. The molecule has 0 aromatic heterocycles. The van der Waals surface area contributed by atoms with Gasteiger partial charge in [0.2, 0.25) is 0 Å². The van der Waals surface area contributed by atoms with Gasteiger partial charge >= 0.3 is 0 Å². The van der Waals surface area contributed by atoms with E-state index in [9.17, 15) is 0 Å². The smallest absolute Gasteiger partial charge is 0.0338 e. The second-order valence-corrected chi connectivity index (χ2v) is 5.75. The Bertz CT molecular complexity index is 486. The molecule has 0 atom stereocenters. The minimum atomic E-state index is 0.596. The molecule has 0 aliphatic carbocycles. The molecule has 2 aromatic rings. The van der Waals surface area contributed by atoms with Crippen LogP contribution in [0.4, 0.5) is 5.69 Å². The summed E-state index contributed by atoms with van der Waals surface area (Å²) in [6.07, 6.45) is 0. The lowest BCUT2D eigenvalue weighted by molar-refractivity contribution is 0.865. The van der Waals surface area contributed by atoms with Crippen molar-refractivity contribution in [2.75, 3.05) is 12.4 Å². The van der Waals surface area contributed by atoms with Crippen LogP contribution in [-0.2, 0) is 0 Å². The molecule has 18 heavy (non-hydrogen) atoms. The van der Waals surface area contributed by atoms with Crippen molar-refractivity contribution >= 4 is 17.4 Å². The van der Waals surface area contributed by atoms with Crippen LogP contribution in [0.3, 0.4) is 0 Å². The molecular weight excluding hydrogens is 238 g/mol. The zero-order valence-electron chi connectivity index (χ0n) is 11.1. The van der Waals surface area contributed by atoms with E-state index >= 15 is 0 Å². The largest absolute Gasteiger partial charge is 0.388 e. The molecule has 0 heterocycles. The number of anilines is 1. The van der Waals surface area contributed by atoms with Crippen LogP contribution >= 0.6 is 11.8 Å². The van der Waals surface area contributed by atoms with Crippen LogP contribution in [-0.4, -0.2) is 7.05 Å². The van der Waals surface area contributed by atoms with Gasteiger partial charge in [-0.3, -0.25) is 0 Å². The molecular formula is C16H19NS. The van der Waals surface area contributed by atoms with Gasteiger partial charge in [-0.2, -0.15) is 0 Å². The number of hydrogen-bond acceptors (Lipinski definition) is 2. The Hall–Kier alpha value is -1.41. The maximum absolute atomic E-state index is 3.13. The molecule has 2 aromatic carbocycles. The monoisotopic (exact) mass is 257 g/mol. The summed E-state index contributed by atoms with van der Waals surface area (Å²) in [6, 6.07) is 17.3. The van der Waals surface area contributed by atoms with E-state index in [2.05, 4.69) is 67.7 Å². The minimum Gasteiger partial charge on any atom is -0.388 e.